The lowest BCUT2D eigenvalue weighted by molar-refractivity contribution is 0.0730. The van der Waals surface area contributed by atoms with Gasteiger partial charge in [0.05, 0.1) is 35.0 Å². The predicted octanol–water partition coefficient (Wildman–Crippen LogP) is 1.38. The van der Waals surface area contributed by atoms with E-state index in [0.29, 0.717) is 39.3 Å². The average molecular weight is 413 g/mol. The SMILES string of the molecule is O=C(NCCCn1ccnc1)c1cc(S(=O)(=O)N2CCOCC2)ccc1Cl. The van der Waals surface area contributed by atoms with Gasteiger partial charge in [-0.25, -0.2) is 13.4 Å². The van der Waals surface area contributed by atoms with Gasteiger partial charge in [-0.05, 0) is 24.6 Å². The molecule has 0 aliphatic carbocycles. The molecule has 0 unspecified atom stereocenters. The van der Waals surface area contributed by atoms with E-state index >= 15 is 0 Å². The number of benzene rings is 1. The van der Waals surface area contributed by atoms with Gasteiger partial charge in [-0.1, -0.05) is 11.6 Å². The molecule has 0 spiro atoms. The molecule has 2 aromatic rings. The lowest BCUT2D eigenvalue weighted by Gasteiger charge is -2.26. The van der Waals surface area contributed by atoms with E-state index in [0.717, 1.165) is 6.54 Å². The molecule has 0 radical (unpaired) electrons. The number of halogens is 1. The minimum Gasteiger partial charge on any atom is -0.379 e. The summed E-state index contributed by atoms with van der Waals surface area (Å²) < 4.78 is 34.0. The summed E-state index contributed by atoms with van der Waals surface area (Å²) in [6, 6.07) is 4.19. The molecule has 1 aliphatic rings. The fourth-order valence-corrected chi connectivity index (χ4v) is 4.39. The molecule has 10 heteroatoms. The fourth-order valence-electron chi connectivity index (χ4n) is 2.75. The summed E-state index contributed by atoms with van der Waals surface area (Å²) in [7, 11) is -3.69. The number of nitrogens with zero attached hydrogens (tertiary/aromatic N) is 3. The number of amides is 1. The highest BCUT2D eigenvalue weighted by molar-refractivity contribution is 7.89. The molecule has 3 rings (SSSR count). The molecular formula is C17H21ClN4O4S. The highest BCUT2D eigenvalue weighted by atomic mass is 35.5. The van der Waals surface area contributed by atoms with Crippen LogP contribution in [0.25, 0.3) is 0 Å². The molecule has 1 amide bonds. The number of hydrogen-bond donors (Lipinski definition) is 1. The molecule has 2 heterocycles. The van der Waals surface area contributed by atoms with Gasteiger partial charge in [0, 0.05) is 38.6 Å². The highest BCUT2D eigenvalue weighted by Gasteiger charge is 2.27. The number of sulfonamides is 1. The Bertz CT molecular complexity index is 880. The zero-order chi connectivity index (χ0) is 19.3. The summed E-state index contributed by atoms with van der Waals surface area (Å²) in [4.78, 5) is 16.4. The van der Waals surface area contributed by atoms with Gasteiger partial charge in [-0.3, -0.25) is 4.79 Å². The number of rotatable bonds is 7. The molecule has 0 atom stereocenters. The molecular weight excluding hydrogens is 392 g/mol. The van der Waals surface area contributed by atoms with Crippen molar-refractivity contribution >= 4 is 27.5 Å². The number of imidazole rings is 1. The Labute approximate surface area is 163 Å². The summed E-state index contributed by atoms with van der Waals surface area (Å²) in [6.07, 6.45) is 5.96. The van der Waals surface area contributed by atoms with Gasteiger partial charge in [-0.2, -0.15) is 4.31 Å². The Morgan fingerprint density at radius 3 is 2.78 bits per heavy atom. The number of carbonyl (C=O) groups excluding carboxylic acids is 1. The third-order valence-electron chi connectivity index (χ3n) is 4.23. The van der Waals surface area contributed by atoms with Crippen LogP contribution in [0.5, 0.6) is 0 Å². The standard InChI is InChI=1S/C17H21ClN4O4S/c18-16-3-2-14(27(24,25)22-8-10-26-11-9-22)12-15(16)17(23)20-4-1-6-21-7-5-19-13-21/h2-3,5,7,12-13H,1,4,6,8-11H2,(H,20,23). The molecule has 27 heavy (non-hydrogen) atoms. The smallest absolute Gasteiger partial charge is 0.252 e. The Morgan fingerprint density at radius 1 is 1.30 bits per heavy atom. The molecule has 1 aliphatic heterocycles. The maximum Gasteiger partial charge on any atom is 0.252 e. The van der Waals surface area contributed by atoms with E-state index in [1.54, 1.807) is 12.5 Å². The quantitative estimate of drug-likeness (QED) is 0.693. The first-order valence-electron chi connectivity index (χ1n) is 8.60. The Kier molecular flexibility index (Phi) is 6.48. The first-order valence-corrected chi connectivity index (χ1v) is 10.4. The zero-order valence-electron chi connectivity index (χ0n) is 14.7. The molecule has 1 fully saturated rings. The Morgan fingerprint density at radius 2 is 2.07 bits per heavy atom. The largest absolute Gasteiger partial charge is 0.379 e. The average Bonchev–Trinajstić information content (AvgIpc) is 3.19. The van der Waals surface area contributed by atoms with E-state index in [4.69, 9.17) is 16.3 Å². The number of aryl methyl sites for hydroxylation is 1. The van der Waals surface area contributed by atoms with Crippen molar-refractivity contribution < 1.29 is 17.9 Å². The van der Waals surface area contributed by atoms with E-state index in [1.807, 2.05) is 10.8 Å². The van der Waals surface area contributed by atoms with Crippen LogP contribution in [0.2, 0.25) is 5.02 Å². The molecule has 146 valence electrons. The number of nitrogens with one attached hydrogen (secondary N) is 1. The van der Waals surface area contributed by atoms with Gasteiger partial charge in [0.15, 0.2) is 0 Å². The van der Waals surface area contributed by atoms with Crippen molar-refractivity contribution in [3.63, 3.8) is 0 Å². The number of carbonyl (C=O) groups is 1. The van der Waals surface area contributed by atoms with E-state index in [9.17, 15) is 13.2 Å². The van der Waals surface area contributed by atoms with Crippen LogP contribution in [-0.2, 0) is 21.3 Å². The number of hydrogen-bond acceptors (Lipinski definition) is 5. The van der Waals surface area contributed by atoms with Gasteiger partial charge in [-0.15, -0.1) is 0 Å². The fraction of sp³-hybridized carbons (Fsp3) is 0.412. The van der Waals surface area contributed by atoms with E-state index in [2.05, 4.69) is 10.3 Å². The van der Waals surface area contributed by atoms with Gasteiger partial charge in [0.1, 0.15) is 0 Å². The summed E-state index contributed by atoms with van der Waals surface area (Å²) in [5.41, 5.74) is 0.147. The van der Waals surface area contributed by atoms with Gasteiger partial charge in [0.2, 0.25) is 10.0 Å². The monoisotopic (exact) mass is 412 g/mol. The summed E-state index contributed by atoms with van der Waals surface area (Å²) >= 11 is 6.12. The van der Waals surface area contributed by atoms with Crippen LogP contribution >= 0.6 is 11.6 Å². The van der Waals surface area contributed by atoms with Crippen LogP contribution in [0.3, 0.4) is 0 Å². The second-order valence-electron chi connectivity index (χ2n) is 6.07. The second-order valence-corrected chi connectivity index (χ2v) is 8.41. The molecule has 1 saturated heterocycles. The van der Waals surface area contributed by atoms with Crippen molar-refractivity contribution in [3.8, 4) is 0 Å². The van der Waals surface area contributed by atoms with Crippen LogP contribution in [0.1, 0.15) is 16.8 Å². The number of ether oxygens (including phenoxy) is 1. The Balaban J connectivity index is 1.66. The van der Waals surface area contributed by atoms with Crippen molar-refractivity contribution in [2.75, 3.05) is 32.8 Å². The minimum absolute atomic E-state index is 0.0531. The van der Waals surface area contributed by atoms with Crippen LogP contribution in [-0.4, -0.2) is 61.0 Å². The van der Waals surface area contributed by atoms with Crippen LogP contribution in [0, 0.1) is 0 Å². The lowest BCUT2D eigenvalue weighted by atomic mass is 10.2. The van der Waals surface area contributed by atoms with Crippen molar-refractivity contribution in [1.29, 1.82) is 0 Å². The van der Waals surface area contributed by atoms with Crippen LogP contribution in [0.15, 0.2) is 41.8 Å². The van der Waals surface area contributed by atoms with Crippen molar-refractivity contribution in [1.82, 2.24) is 19.2 Å². The van der Waals surface area contributed by atoms with E-state index < -0.39 is 15.9 Å². The minimum atomic E-state index is -3.69. The molecule has 8 nitrogen and oxygen atoms in total. The highest BCUT2D eigenvalue weighted by Crippen LogP contribution is 2.23. The molecule has 1 aromatic carbocycles. The van der Waals surface area contributed by atoms with Crippen LogP contribution in [0.4, 0.5) is 0 Å². The topological polar surface area (TPSA) is 93.5 Å². The zero-order valence-corrected chi connectivity index (χ0v) is 16.2. The second kappa shape index (κ2) is 8.83. The van der Waals surface area contributed by atoms with Crippen molar-refractivity contribution in [2.24, 2.45) is 0 Å². The first kappa shape index (κ1) is 19.8. The number of aromatic nitrogens is 2. The summed E-state index contributed by atoms with van der Waals surface area (Å²) in [5.74, 6) is -0.398. The lowest BCUT2D eigenvalue weighted by Crippen LogP contribution is -2.40. The normalized spacial score (nSPS) is 15.6. The summed E-state index contributed by atoms with van der Waals surface area (Å²) in [6.45, 7) is 2.46. The van der Waals surface area contributed by atoms with Gasteiger partial charge in [0.25, 0.3) is 5.91 Å². The van der Waals surface area contributed by atoms with Crippen molar-refractivity contribution in [3.05, 3.63) is 47.5 Å². The van der Waals surface area contributed by atoms with Crippen molar-refractivity contribution in [2.45, 2.75) is 17.9 Å². The molecule has 1 aromatic heterocycles. The Hall–Kier alpha value is -1.94. The van der Waals surface area contributed by atoms with Gasteiger partial charge < -0.3 is 14.6 Å². The number of morpholine rings is 1. The molecule has 0 bridgehead atoms. The van der Waals surface area contributed by atoms with E-state index in [-0.39, 0.29) is 15.5 Å². The third-order valence-corrected chi connectivity index (χ3v) is 6.45. The maximum atomic E-state index is 12.8. The summed E-state index contributed by atoms with van der Waals surface area (Å²) in [5, 5.41) is 2.99. The third kappa shape index (κ3) is 4.86. The van der Waals surface area contributed by atoms with E-state index in [1.165, 1.54) is 22.5 Å². The predicted molar refractivity (Wildman–Crippen MR) is 100 cm³/mol. The van der Waals surface area contributed by atoms with Crippen LogP contribution < -0.4 is 5.32 Å². The maximum absolute atomic E-state index is 12.8. The molecule has 0 saturated carbocycles. The first-order chi connectivity index (χ1) is 13.0. The molecule has 1 N–H and O–H groups in total. The van der Waals surface area contributed by atoms with Gasteiger partial charge >= 0.3 is 0 Å².